The molecule has 0 bridgehead atoms. The molecule has 3 aromatic carbocycles. The summed E-state index contributed by atoms with van der Waals surface area (Å²) >= 11 is 0. The monoisotopic (exact) mass is 446 g/mol. The maximum Gasteiger partial charge on any atom is 0.323 e. The molecule has 4 amide bonds. The number of nitrogens with one attached hydrogen (secondary N) is 3. The predicted molar refractivity (Wildman–Crippen MR) is 130 cm³/mol. The van der Waals surface area contributed by atoms with E-state index in [9.17, 15) is 14.4 Å². The third kappa shape index (κ3) is 5.68. The number of aryl methyl sites for hydroxylation is 1. The molecule has 3 rings (SSSR count). The van der Waals surface area contributed by atoms with Crippen LogP contribution in [0, 0.1) is 6.92 Å². The maximum absolute atomic E-state index is 12.6. The number of ether oxygens (including phenoxy) is 1. The molecule has 8 heteroatoms. The molecule has 0 aliphatic rings. The summed E-state index contributed by atoms with van der Waals surface area (Å²) in [6.45, 7) is 4.74. The molecule has 0 aliphatic carbocycles. The van der Waals surface area contributed by atoms with Crippen molar-refractivity contribution in [2.75, 3.05) is 28.0 Å². The Morgan fingerprint density at radius 2 is 1.42 bits per heavy atom. The van der Waals surface area contributed by atoms with Gasteiger partial charge in [-0.2, -0.15) is 0 Å². The van der Waals surface area contributed by atoms with Crippen LogP contribution in [0.3, 0.4) is 0 Å². The quantitative estimate of drug-likeness (QED) is 0.479. The minimum atomic E-state index is -0.422. The van der Waals surface area contributed by atoms with Gasteiger partial charge in [-0.05, 0) is 42.8 Å². The van der Waals surface area contributed by atoms with E-state index in [0.29, 0.717) is 34.2 Å². The first-order valence-corrected chi connectivity index (χ1v) is 10.3. The molecule has 0 atom stereocenters. The van der Waals surface area contributed by atoms with Crippen LogP contribution in [0.1, 0.15) is 19.4 Å². The number of hydrogen-bond donors (Lipinski definition) is 3. The van der Waals surface area contributed by atoms with Crippen molar-refractivity contribution in [3.63, 3.8) is 0 Å². The minimum absolute atomic E-state index is 0.247. The first kappa shape index (κ1) is 23.3. The van der Waals surface area contributed by atoms with Crippen molar-refractivity contribution < 1.29 is 19.1 Å². The number of methoxy groups -OCH3 is 1. The van der Waals surface area contributed by atoms with Crippen LogP contribution in [-0.2, 0) is 9.59 Å². The normalized spacial score (nSPS) is 10.2. The molecule has 0 aromatic heterocycles. The molecule has 0 saturated heterocycles. The zero-order valence-electron chi connectivity index (χ0n) is 18.9. The number of amides is 4. The third-order valence-electron chi connectivity index (χ3n) is 4.86. The van der Waals surface area contributed by atoms with Crippen molar-refractivity contribution in [3.8, 4) is 5.75 Å². The average Bonchev–Trinajstić information content (AvgIpc) is 2.77. The fraction of sp³-hybridized carbons (Fsp3) is 0.160. The van der Waals surface area contributed by atoms with Crippen molar-refractivity contribution in [1.82, 2.24) is 0 Å². The van der Waals surface area contributed by atoms with Crippen LogP contribution in [0.2, 0.25) is 0 Å². The van der Waals surface area contributed by atoms with Gasteiger partial charge in [-0.3, -0.25) is 14.5 Å². The third-order valence-corrected chi connectivity index (χ3v) is 4.86. The molecule has 0 unspecified atom stereocenters. The molecule has 3 N–H and O–H groups in total. The lowest BCUT2D eigenvalue weighted by Crippen LogP contribution is -2.25. The Hall–Kier alpha value is -4.33. The molecule has 33 heavy (non-hydrogen) atoms. The predicted octanol–water partition coefficient (Wildman–Crippen LogP) is 5.29. The molecule has 170 valence electrons. The van der Waals surface area contributed by atoms with Gasteiger partial charge < -0.3 is 20.7 Å². The van der Waals surface area contributed by atoms with Crippen molar-refractivity contribution in [3.05, 3.63) is 72.3 Å². The van der Waals surface area contributed by atoms with Crippen LogP contribution in [-0.4, -0.2) is 25.0 Å². The zero-order valence-corrected chi connectivity index (χ0v) is 18.9. The van der Waals surface area contributed by atoms with Crippen LogP contribution in [0.4, 0.5) is 33.2 Å². The number of carbonyl (C=O) groups excluding carboxylic acids is 3. The van der Waals surface area contributed by atoms with E-state index in [2.05, 4.69) is 16.0 Å². The van der Waals surface area contributed by atoms with E-state index in [-0.39, 0.29) is 11.8 Å². The zero-order chi connectivity index (χ0) is 24.0. The lowest BCUT2D eigenvalue weighted by molar-refractivity contribution is -0.116. The summed E-state index contributed by atoms with van der Waals surface area (Å²) in [6.07, 6.45) is 0. The van der Waals surface area contributed by atoms with Crippen LogP contribution in [0.15, 0.2) is 66.7 Å². The van der Waals surface area contributed by atoms with E-state index in [4.69, 9.17) is 4.74 Å². The second kappa shape index (κ2) is 10.3. The standard InChI is InChI=1S/C25H26N4O4/c1-16-9-5-6-10-20(16)27-25(32)28-22-14-13-19(15-24(22)33-4)29(18(3)31)23-12-8-7-11-21(23)26-17(2)30/h5-15H,1-4H3,(H,26,30)(H2,27,28,32). The molecule has 0 spiro atoms. The van der Waals surface area contributed by atoms with E-state index in [1.54, 1.807) is 42.5 Å². The molecule has 0 saturated carbocycles. The molecule has 0 heterocycles. The number of para-hydroxylation sites is 3. The van der Waals surface area contributed by atoms with E-state index in [1.807, 2.05) is 31.2 Å². The molecule has 0 radical (unpaired) electrons. The van der Waals surface area contributed by atoms with Gasteiger partial charge >= 0.3 is 6.03 Å². The van der Waals surface area contributed by atoms with Gasteiger partial charge in [0, 0.05) is 25.6 Å². The Morgan fingerprint density at radius 3 is 2.06 bits per heavy atom. The van der Waals surface area contributed by atoms with Gasteiger partial charge in [-0.1, -0.05) is 30.3 Å². The maximum atomic E-state index is 12.6. The number of benzene rings is 3. The SMILES string of the molecule is COc1cc(N(C(C)=O)c2ccccc2NC(C)=O)ccc1NC(=O)Nc1ccccc1C. The van der Waals surface area contributed by atoms with Crippen molar-refractivity contribution in [1.29, 1.82) is 0 Å². The van der Waals surface area contributed by atoms with Gasteiger partial charge in [0.05, 0.1) is 29.9 Å². The number of anilines is 5. The Balaban J connectivity index is 1.90. The van der Waals surface area contributed by atoms with Crippen LogP contribution >= 0.6 is 0 Å². The summed E-state index contributed by atoms with van der Waals surface area (Å²) in [5.41, 5.74) is 3.60. The summed E-state index contributed by atoms with van der Waals surface area (Å²) in [5.74, 6) is -0.133. The van der Waals surface area contributed by atoms with Gasteiger partial charge in [0.2, 0.25) is 11.8 Å². The highest BCUT2D eigenvalue weighted by Crippen LogP contribution is 2.36. The van der Waals surface area contributed by atoms with Gasteiger partial charge in [-0.25, -0.2) is 4.79 Å². The lowest BCUT2D eigenvalue weighted by Gasteiger charge is -2.25. The van der Waals surface area contributed by atoms with Crippen LogP contribution in [0.5, 0.6) is 5.75 Å². The van der Waals surface area contributed by atoms with Crippen LogP contribution in [0.25, 0.3) is 0 Å². The Labute approximate surface area is 192 Å². The van der Waals surface area contributed by atoms with Crippen molar-refractivity contribution in [2.24, 2.45) is 0 Å². The van der Waals surface area contributed by atoms with E-state index in [0.717, 1.165) is 5.56 Å². The topological polar surface area (TPSA) is 99.8 Å². The Bertz CT molecular complexity index is 1190. The summed E-state index contributed by atoms with van der Waals surface area (Å²) in [5, 5.41) is 8.32. The van der Waals surface area contributed by atoms with Gasteiger partial charge in [0.1, 0.15) is 5.75 Å². The number of hydrogen-bond acceptors (Lipinski definition) is 4. The van der Waals surface area contributed by atoms with Gasteiger partial charge in [0.25, 0.3) is 0 Å². The lowest BCUT2D eigenvalue weighted by atomic mass is 10.2. The smallest absolute Gasteiger partial charge is 0.323 e. The summed E-state index contributed by atoms with van der Waals surface area (Å²) in [4.78, 5) is 38.2. The van der Waals surface area contributed by atoms with Gasteiger partial charge in [-0.15, -0.1) is 0 Å². The summed E-state index contributed by atoms with van der Waals surface area (Å²) < 4.78 is 5.47. The highest BCUT2D eigenvalue weighted by molar-refractivity contribution is 6.05. The molecule has 8 nitrogen and oxygen atoms in total. The molecular weight excluding hydrogens is 420 g/mol. The second-order valence-corrected chi connectivity index (χ2v) is 7.33. The van der Waals surface area contributed by atoms with E-state index < -0.39 is 6.03 Å². The molecule has 3 aromatic rings. The number of urea groups is 1. The summed E-state index contributed by atoms with van der Waals surface area (Å²) in [6, 6.07) is 19.0. The number of nitrogens with zero attached hydrogens (tertiary/aromatic N) is 1. The highest BCUT2D eigenvalue weighted by atomic mass is 16.5. The molecule has 0 aliphatic heterocycles. The van der Waals surface area contributed by atoms with E-state index >= 15 is 0 Å². The second-order valence-electron chi connectivity index (χ2n) is 7.33. The first-order valence-electron chi connectivity index (χ1n) is 10.3. The largest absolute Gasteiger partial charge is 0.494 e. The minimum Gasteiger partial charge on any atom is -0.494 e. The Kier molecular flexibility index (Phi) is 7.30. The van der Waals surface area contributed by atoms with E-state index in [1.165, 1.54) is 25.9 Å². The summed E-state index contributed by atoms with van der Waals surface area (Å²) in [7, 11) is 1.48. The fourth-order valence-electron chi connectivity index (χ4n) is 3.37. The van der Waals surface area contributed by atoms with Crippen molar-refractivity contribution in [2.45, 2.75) is 20.8 Å². The van der Waals surface area contributed by atoms with Crippen LogP contribution < -0.4 is 25.6 Å². The Morgan fingerprint density at radius 1 is 0.788 bits per heavy atom. The molecule has 0 fully saturated rings. The first-order chi connectivity index (χ1) is 15.8. The average molecular weight is 447 g/mol. The number of rotatable bonds is 6. The fourth-order valence-corrected chi connectivity index (χ4v) is 3.37. The highest BCUT2D eigenvalue weighted by Gasteiger charge is 2.20. The van der Waals surface area contributed by atoms with Gasteiger partial charge in [0.15, 0.2) is 0 Å². The number of carbonyl (C=O) groups is 3. The van der Waals surface area contributed by atoms with Crippen molar-refractivity contribution >= 4 is 46.3 Å². The molecular formula is C25H26N4O4.